The first-order valence-corrected chi connectivity index (χ1v) is 4.76. The first kappa shape index (κ1) is 9.21. The van der Waals surface area contributed by atoms with Crippen molar-refractivity contribution in [2.45, 2.75) is 24.8 Å². The summed E-state index contributed by atoms with van der Waals surface area (Å²) in [4.78, 5) is 10.8. The van der Waals surface area contributed by atoms with Crippen LogP contribution >= 0.6 is 0 Å². The van der Waals surface area contributed by atoms with Gasteiger partial charge in [-0.1, -0.05) is 24.3 Å². The molecule has 0 spiro atoms. The van der Waals surface area contributed by atoms with Gasteiger partial charge in [-0.15, -0.1) is 0 Å². The summed E-state index contributed by atoms with van der Waals surface area (Å²) in [5, 5.41) is 8.84. The zero-order valence-electron chi connectivity index (χ0n) is 7.81. The molecule has 0 radical (unpaired) electrons. The molecule has 74 valence electrons. The van der Waals surface area contributed by atoms with Gasteiger partial charge in [-0.2, -0.15) is 0 Å². The first-order chi connectivity index (χ1) is 6.70. The molecule has 1 aliphatic carbocycles. The fourth-order valence-corrected chi connectivity index (χ4v) is 2.14. The molecule has 0 saturated carbocycles. The summed E-state index contributed by atoms with van der Waals surface area (Å²) in [7, 11) is 0. The first-order valence-electron chi connectivity index (χ1n) is 4.76. The van der Waals surface area contributed by atoms with E-state index in [1.165, 1.54) is 5.56 Å². The van der Waals surface area contributed by atoms with Crippen LogP contribution in [0.2, 0.25) is 0 Å². The number of carboxylic acids is 1. The molecule has 0 heterocycles. The van der Waals surface area contributed by atoms with Crippen LogP contribution in [0.25, 0.3) is 0 Å². The van der Waals surface area contributed by atoms with E-state index in [4.69, 9.17) is 10.8 Å². The SMILES string of the molecule is N[C@@H](C(=O)O)[C@H]1CCc2ccccc21. The Bertz CT molecular complexity index is 362. The second-order valence-corrected chi connectivity index (χ2v) is 3.71. The molecule has 2 atom stereocenters. The second-order valence-electron chi connectivity index (χ2n) is 3.71. The summed E-state index contributed by atoms with van der Waals surface area (Å²) >= 11 is 0. The van der Waals surface area contributed by atoms with Crippen molar-refractivity contribution in [1.29, 1.82) is 0 Å². The molecule has 0 unspecified atom stereocenters. The van der Waals surface area contributed by atoms with Gasteiger partial charge in [0.25, 0.3) is 0 Å². The van der Waals surface area contributed by atoms with Crippen LogP contribution in [0, 0.1) is 0 Å². The number of aliphatic carboxylic acids is 1. The van der Waals surface area contributed by atoms with Gasteiger partial charge in [-0.05, 0) is 24.0 Å². The highest BCUT2D eigenvalue weighted by molar-refractivity contribution is 5.75. The number of hydrogen-bond acceptors (Lipinski definition) is 2. The molecule has 1 aliphatic rings. The normalized spacial score (nSPS) is 21.6. The number of nitrogens with two attached hydrogens (primary N) is 1. The van der Waals surface area contributed by atoms with Gasteiger partial charge in [-0.25, -0.2) is 0 Å². The van der Waals surface area contributed by atoms with Gasteiger partial charge >= 0.3 is 5.97 Å². The number of benzene rings is 1. The molecule has 3 N–H and O–H groups in total. The van der Waals surface area contributed by atoms with Crippen LogP contribution in [0.5, 0.6) is 0 Å². The Hall–Kier alpha value is -1.35. The third-order valence-electron chi connectivity index (χ3n) is 2.90. The zero-order chi connectivity index (χ0) is 10.1. The lowest BCUT2D eigenvalue weighted by Gasteiger charge is -2.15. The molecular weight excluding hydrogens is 178 g/mol. The molecule has 1 aromatic rings. The number of carbonyl (C=O) groups is 1. The van der Waals surface area contributed by atoms with E-state index in [-0.39, 0.29) is 5.92 Å². The minimum Gasteiger partial charge on any atom is -0.480 e. The van der Waals surface area contributed by atoms with Crippen molar-refractivity contribution in [2.24, 2.45) is 5.73 Å². The quantitative estimate of drug-likeness (QED) is 0.736. The number of carboxylic acid groups (broad SMARTS) is 1. The van der Waals surface area contributed by atoms with Crippen LogP contribution in [0.3, 0.4) is 0 Å². The standard InChI is InChI=1S/C11H13NO2/c12-10(11(13)14)9-6-5-7-3-1-2-4-8(7)9/h1-4,9-10H,5-6,12H2,(H,13,14)/t9-,10+/m0/s1. The van der Waals surface area contributed by atoms with Crippen molar-refractivity contribution in [3.63, 3.8) is 0 Å². The third kappa shape index (κ3) is 1.40. The third-order valence-corrected chi connectivity index (χ3v) is 2.90. The topological polar surface area (TPSA) is 63.3 Å². The van der Waals surface area contributed by atoms with Crippen molar-refractivity contribution in [3.8, 4) is 0 Å². The van der Waals surface area contributed by atoms with Crippen LogP contribution in [-0.4, -0.2) is 17.1 Å². The minimum atomic E-state index is -0.910. The van der Waals surface area contributed by atoms with Gasteiger partial charge in [0.1, 0.15) is 6.04 Å². The Morgan fingerprint density at radius 2 is 2.21 bits per heavy atom. The van der Waals surface area contributed by atoms with Crippen molar-refractivity contribution >= 4 is 5.97 Å². The van der Waals surface area contributed by atoms with Crippen molar-refractivity contribution in [2.75, 3.05) is 0 Å². The predicted octanol–water partition coefficient (Wildman–Crippen LogP) is 1.13. The van der Waals surface area contributed by atoms with Gasteiger partial charge in [0.2, 0.25) is 0 Å². The maximum absolute atomic E-state index is 10.8. The van der Waals surface area contributed by atoms with Crippen molar-refractivity contribution in [3.05, 3.63) is 35.4 Å². The highest BCUT2D eigenvalue weighted by Gasteiger charge is 2.31. The molecule has 0 amide bonds. The summed E-state index contributed by atoms with van der Waals surface area (Å²) in [6, 6.07) is 7.18. The molecule has 0 fully saturated rings. The van der Waals surface area contributed by atoms with E-state index >= 15 is 0 Å². The van der Waals surface area contributed by atoms with Crippen LogP contribution < -0.4 is 5.73 Å². The molecule has 3 heteroatoms. The van der Waals surface area contributed by atoms with E-state index in [0.29, 0.717) is 0 Å². The van der Waals surface area contributed by atoms with Crippen LogP contribution in [0.15, 0.2) is 24.3 Å². The molecule has 0 saturated heterocycles. The Labute approximate surface area is 82.5 Å². The van der Waals surface area contributed by atoms with Crippen LogP contribution in [0.1, 0.15) is 23.5 Å². The molecule has 2 rings (SSSR count). The monoisotopic (exact) mass is 191 g/mol. The Balaban J connectivity index is 2.30. The average molecular weight is 191 g/mol. The van der Waals surface area contributed by atoms with Gasteiger partial charge in [0.15, 0.2) is 0 Å². The highest BCUT2D eigenvalue weighted by atomic mass is 16.4. The molecule has 0 bridgehead atoms. The molecule has 14 heavy (non-hydrogen) atoms. The number of hydrogen-bond donors (Lipinski definition) is 2. The lowest BCUT2D eigenvalue weighted by Crippen LogP contribution is -2.35. The van der Waals surface area contributed by atoms with Crippen LogP contribution in [0.4, 0.5) is 0 Å². The number of rotatable bonds is 2. The molecule has 1 aromatic carbocycles. The average Bonchev–Trinajstić information content (AvgIpc) is 2.60. The second kappa shape index (κ2) is 3.42. The van der Waals surface area contributed by atoms with Gasteiger partial charge < -0.3 is 10.8 Å². The van der Waals surface area contributed by atoms with Gasteiger partial charge in [-0.3, -0.25) is 4.79 Å². The Morgan fingerprint density at radius 1 is 1.50 bits per heavy atom. The fraction of sp³-hybridized carbons (Fsp3) is 0.364. The van der Waals surface area contributed by atoms with E-state index in [2.05, 4.69) is 0 Å². The van der Waals surface area contributed by atoms with Crippen molar-refractivity contribution in [1.82, 2.24) is 0 Å². The maximum Gasteiger partial charge on any atom is 0.321 e. The number of aryl methyl sites for hydroxylation is 1. The minimum absolute atomic E-state index is 0.0105. The summed E-state index contributed by atoms with van der Waals surface area (Å²) < 4.78 is 0. The van der Waals surface area contributed by atoms with Crippen molar-refractivity contribution < 1.29 is 9.90 Å². The smallest absolute Gasteiger partial charge is 0.321 e. The summed E-state index contributed by atoms with van der Waals surface area (Å²) in [6.07, 6.45) is 1.80. The Morgan fingerprint density at radius 3 is 2.93 bits per heavy atom. The Kier molecular flexibility index (Phi) is 2.25. The van der Waals surface area contributed by atoms with E-state index in [0.717, 1.165) is 18.4 Å². The van der Waals surface area contributed by atoms with E-state index in [1.807, 2.05) is 24.3 Å². The predicted molar refractivity (Wildman–Crippen MR) is 53.1 cm³/mol. The van der Waals surface area contributed by atoms with E-state index in [9.17, 15) is 4.79 Å². The lowest BCUT2D eigenvalue weighted by molar-refractivity contribution is -0.139. The zero-order valence-corrected chi connectivity index (χ0v) is 7.81. The van der Waals surface area contributed by atoms with Crippen LogP contribution in [-0.2, 0) is 11.2 Å². The summed E-state index contributed by atoms with van der Waals surface area (Å²) in [5.74, 6) is -0.921. The van der Waals surface area contributed by atoms with Gasteiger partial charge in [0, 0.05) is 5.92 Å². The molecule has 0 aromatic heterocycles. The van der Waals surface area contributed by atoms with Gasteiger partial charge in [0.05, 0.1) is 0 Å². The molecule has 0 aliphatic heterocycles. The lowest BCUT2D eigenvalue weighted by atomic mass is 9.94. The maximum atomic E-state index is 10.8. The highest BCUT2D eigenvalue weighted by Crippen LogP contribution is 2.34. The largest absolute Gasteiger partial charge is 0.480 e. The summed E-state index contributed by atoms with van der Waals surface area (Å²) in [5.41, 5.74) is 8.00. The van der Waals surface area contributed by atoms with E-state index in [1.54, 1.807) is 0 Å². The van der Waals surface area contributed by atoms with E-state index < -0.39 is 12.0 Å². The summed E-state index contributed by atoms with van der Waals surface area (Å²) in [6.45, 7) is 0. The fourth-order valence-electron chi connectivity index (χ4n) is 2.14. The molecular formula is C11H13NO2. The number of fused-ring (bicyclic) bond motifs is 1. The molecule has 3 nitrogen and oxygen atoms in total.